The summed E-state index contributed by atoms with van der Waals surface area (Å²) < 4.78 is 12.0. The molecule has 1 fully saturated rings. The van der Waals surface area contributed by atoms with Gasteiger partial charge in [0.05, 0.1) is 18.9 Å². The molecule has 0 bridgehead atoms. The van der Waals surface area contributed by atoms with Gasteiger partial charge in [0.1, 0.15) is 5.57 Å². The number of hydrogen-bond donors (Lipinski definition) is 1. The molecule has 2 aromatic rings. The molecular weight excluding hydrogens is 424 g/mol. The van der Waals surface area contributed by atoms with Crippen LogP contribution in [0.2, 0.25) is 0 Å². The minimum atomic E-state index is -0.459. The Bertz CT molecular complexity index is 928. The smallest absolute Gasteiger partial charge is 0.282 e. The number of hydrogen-bond acceptors (Lipinski definition) is 4. The molecule has 1 aliphatic heterocycles. The fraction of sp³-hybridized carbons (Fsp3) is 0.238. The second kappa shape index (κ2) is 8.48. The van der Waals surface area contributed by atoms with Gasteiger partial charge in [-0.25, -0.2) is 5.01 Å². The molecule has 28 heavy (non-hydrogen) atoms. The summed E-state index contributed by atoms with van der Waals surface area (Å²) in [5.41, 5.74) is 3.87. The van der Waals surface area contributed by atoms with Crippen LogP contribution < -0.4 is 19.9 Å². The molecule has 0 saturated carbocycles. The minimum absolute atomic E-state index is 0.0339. The number of carbonyl (C=O) groups excluding carboxylic acids is 2. The van der Waals surface area contributed by atoms with E-state index in [0.717, 1.165) is 6.42 Å². The van der Waals surface area contributed by atoms with Gasteiger partial charge in [-0.1, -0.05) is 41.1 Å². The SMILES string of the molecule is CCC(C)Oc1cc(Br)c(C=C2C(=O)NN(c3ccccc3)C2=O)cc1OC. The van der Waals surface area contributed by atoms with E-state index in [4.69, 9.17) is 9.47 Å². The molecule has 1 heterocycles. The first-order chi connectivity index (χ1) is 13.4. The lowest BCUT2D eigenvalue weighted by Gasteiger charge is -2.17. The molecule has 1 atom stereocenters. The zero-order valence-corrected chi connectivity index (χ0v) is 17.4. The topological polar surface area (TPSA) is 67.9 Å². The van der Waals surface area contributed by atoms with Crippen LogP contribution in [0.5, 0.6) is 11.5 Å². The van der Waals surface area contributed by atoms with Crippen LogP contribution in [0.15, 0.2) is 52.5 Å². The Morgan fingerprint density at radius 2 is 1.89 bits per heavy atom. The second-order valence-electron chi connectivity index (χ2n) is 6.34. The van der Waals surface area contributed by atoms with E-state index in [0.29, 0.717) is 27.2 Å². The molecule has 2 amide bonds. The lowest BCUT2D eigenvalue weighted by molar-refractivity contribution is -0.117. The number of nitrogens with zero attached hydrogens (tertiary/aromatic N) is 1. The van der Waals surface area contributed by atoms with Crippen molar-refractivity contribution in [3.8, 4) is 11.5 Å². The van der Waals surface area contributed by atoms with Crippen LogP contribution in [-0.2, 0) is 9.59 Å². The molecular formula is C21H21BrN2O4. The summed E-state index contributed by atoms with van der Waals surface area (Å²) >= 11 is 3.49. The van der Waals surface area contributed by atoms with Crippen LogP contribution in [0.4, 0.5) is 5.69 Å². The fourth-order valence-electron chi connectivity index (χ4n) is 2.68. The van der Waals surface area contributed by atoms with Crippen LogP contribution in [0.3, 0.4) is 0 Å². The third-order valence-electron chi connectivity index (χ3n) is 4.39. The lowest BCUT2D eigenvalue weighted by Crippen LogP contribution is -2.35. The predicted octanol–water partition coefficient (Wildman–Crippen LogP) is 4.10. The Kier molecular flexibility index (Phi) is 6.04. The van der Waals surface area contributed by atoms with Gasteiger partial charge >= 0.3 is 0 Å². The second-order valence-corrected chi connectivity index (χ2v) is 7.19. The van der Waals surface area contributed by atoms with Gasteiger partial charge in [-0.05, 0) is 49.2 Å². The van der Waals surface area contributed by atoms with Crippen molar-refractivity contribution in [3.05, 3.63) is 58.1 Å². The van der Waals surface area contributed by atoms with Gasteiger partial charge in [-0.15, -0.1) is 0 Å². The highest BCUT2D eigenvalue weighted by Gasteiger charge is 2.34. The summed E-state index contributed by atoms with van der Waals surface area (Å²) in [7, 11) is 1.55. The molecule has 0 aromatic heterocycles. The summed E-state index contributed by atoms with van der Waals surface area (Å²) in [6.45, 7) is 4.01. The number of hydrazine groups is 1. The molecule has 1 aliphatic rings. The van der Waals surface area contributed by atoms with Crippen molar-refractivity contribution in [2.75, 3.05) is 12.1 Å². The number of anilines is 1. The number of rotatable bonds is 6. The van der Waals surface area contributed by atoms with Gasteiger partial charge in [0.15, 0.2) is 11.5 Å². The Morgan fingerprint density at radius 3 is 2.54 bits per heavy atom. The van der Waals surface area contributed by atoms with E-state index in [-0.39, 0.29) is 11.7 Å². The molecule has 2 aromatic carbocycles. The van der Waals surface area contributed by atoms with Crippen molar-refractivity contribution < 1.29 is 19.1 Å². The van der Waals surface area contributed by atoms with E-state index in [1.54, 1.807) is 49.6 Å². The zero-order valence-electron chi connectivity index (χ0n) is 15.9. The number of carbonyl (C=O) groups is 2. The molecule has 6 nitrogen and oxygen atoms in total. The third kappa shape index (κ3) is 4.04. The number of benzene rings is 2. The highest BCUT2D eigenvalue weighted by molar-refractivity contribution is 9.10. The van der Waals surface area contributed by atoms with E-state index in [9.17, 15) is 9.59 Å². The normalized spacial score (nSPS) is 16.3. The summed E-state index contributed by atoms with van der Waals surface area (Å²) in [6.07, 6.45) is 2.43. The van der Waals surface area contributed by atoms with Crippen molar-refractivity contribution in [1.29, 1.82) is 0 Å². The third-order valence-corrected chi connectivity index (χ3v) is 5.08. The predicted molar refractivity (Wildman–Crippen MR) is 111 cm³/mol. The Labute approximate surface area is 172 Å². The van der Waals surface area contributed by atoms with Crippen molar-refractivity contribution in [2.24, 2.45) is 0 Å². The first-order valence-corrected chi connectivity index (χ1v) is 9.70. The molecule has 1 unspecified atom stereocenters. The average Bonchev–Trinajstić information content (AvgIpc) is 2.98. The van der Waals surface area contributed by atoms with E-state index >= 15 is 0 Å². The number of ether oxygens (including phenoxy) is 2. The van der Waals surface area contributed by atoms with Gasteiger partial charge < -0.3 is 9.47 Å². The molecule has 3 rings (SSSR count). The maximum Gasteiger partial charge on any atom is 0.282 e. The number of methoxy groups -OCH3 is 1. The van der Waals surface area contributed by atoms with Gasteiger partial charge in [-0.2, -0.15) is 0 Å². The highest BCUT2D eigenvalue weighted by atomic mass is 79.9. The summed E-state index contributed by atoms with van der Waals surface area (Å²) in [4.78, 5) is 25.1. The largest absolute Gasteiger partial charge is 0.493 e. The van der Waals surface area contributed by atoms with Crippen LogP contribution in [0, 0.1) is 0 Å². The summed E-state index contributed by atoms with van der Waals surface area (Å²) in [5, 5.41) is 1.24. The highest BCUT2D eigenvalue weighted by Crippen LogP contribution is 2.36. The van der Waals surface area contributed by atoms with Crippen molar-refractivity contribution in [1.82, 2.24) is 5.43 Å². The quantitative estimate of drug-likeness (QED) is 0.537. The number of nitrogens with one attached hydrogen (secondary N) is 1. The molecule has 0 aliphatic carbocycles. The van der Waals surface area contributed by atoms with E-state index in [1.807, 2.05) is 19.9 Å². The van der Waals surface area contributed by atoms with Gasteiger partial charge in [0.2, 0.25) is 0 Å². The van der Waals surface area contributed by atoms with Crippen LogP contribution in [-0.4, -0.2) is 25.0 Å². The Morgan fingerprint density at radius 1 is 1.18 bits per heavy atom. The van der Waals surface area contributed by atoms with Crippen molar-refractivity contribution in [2.45, 2.75) is 26.4 Å². The first-order valence-electron chi connectivity index (χ1n) is 8.91. The van der Waals surface area contributed by atoms with Crippen LogP contribution in [0.1, 0.15) is 25.8 Å². The molecule has 7 heteroatoms. The average molecular weight is 445 g/mol. The number of amides is 2. The van der Waals surface area contributed by atoms with Crippen LogP contribution in [0.25, 0.3) is 6.08 Å². The molecule has 146 valence electrons. The lowest BCUT2D eigenvalue weighted by atomic mass is 10.1. The molecule has 1 N–H and O–H groups in total. The monoisotopic (exact) mass is 444 g/mol. The van der Waals surface area contributed by atoms with Gasteiger partial charge in [-0.3, -0.25) is 15.0 Å². The van der Waals surface area contributed by atoms with Gasteiger partial charge in [0.25, 0.3) is 11.8 Å². The number of para-hydroxylation sites is 1. The first kappa shape index (κ1) is 19.9. The van der Waals surface area contributed by atoms with E-state index in [2.05, 4.69) is 21.4 Å². The Balaban J connectivity index is 1.94. The fourth-order valence-corrected chi connectivity index (χ4v) is 3.12. The van der Waals surface area contributed by atoms with Crippen LogP contribution >= 0.6 is 15.9 Å². The standard InChI is InChI=1S/C21H21BrN2O4/c1-4-13(2)28-19-12-17(22)14(11-18(19)27-3)10-16-20(25)23-24(21(16)26)15-8-6-5-7-9-15/h5-13H,4H2,1-3H3,(H,23,25). The summed E-state index contributed by atoms with van der Waals surface area (Å²) in [6, 6.07) is 12.5. The van der Waals surface area contributed by atoms with Crippen molar-refractivity contribution in [3.63, 3.8) is 0 Å². The summed E-state index contributed by atoms with van der Waals surface area (Å²) in [5.74, 6) is 0.252. The van der Waals surface area contributed by atoms with E-state index in [1.165, 1.54) is 5.01 Å². The zero-order chi connectivity index (χ0) is 20.3. The maximum absolute atomic E-state index is 12.7. The maximum atomic E-state index is 12.7. The molecule has 0 radical (unpaired) electrons. The van der Waals surface area contributed by atoms with Crippen molar-refractivity contribution >= 4 is 39.5 Å². The molecule has 0 spiro atoms. The Hall–Kier alpha value is -2.80. The minimum Gasteiger partial charge on any atom is -0.493 e. The van der Waals surface area contributed by atoms with E-state index < -0.39 is 11.8 Å². The number of halogens is 1. The molecule has 1 saturated heterocycles. The van der Waals surface area contributed by atoms with Gasteiger partial charge in [0, 0.05) is 4.47 Å².